The first-order chi connectivity index (χ1) is 36.1. The van der Waals surface area contributed by atoms with Gasteiger partial charge in [-0.05, 0) is 142 Å². The maximum atomic E-state index is 15.8. The van der Waals surface area contributed by atoms with Crippen molar-refractivity contribution < 1.29 is 48.2 Å². The highest BCUT2D eigenvalue weighted by molar-refractivity contribution is 7.99. The number of benzene rings is 5. The monoisotopic (exact) mass is 1140 g/mol. The minimum absolute atomic E-state index is 0.00199. The van der Waals surface area contributed by atoms with Gasteiger partial charge in [0, 0.05) is 95.6 Å². The highest BCUT2D eigenvalue weighted by Crippen LogP contribution is 2.56. The van der Waals surface area contributed by atoms with Crippen LogP contribution >= 0.6 is 30.9 Å². The molecule has 4 heterocycles. The fourth-order valence-electron chi connectivity index (χ4n) is 10.6. The second-order valence-electron chi connectivity index (χ2n) is 19.7. The molecule has 0 saturated carbocycles. The van der Waals surface area contributed by atoms with Crippen LogP contribution in [0.15, 0.2) is 130 Å². The predicted octanol–water partition coefficient (Wildman–Crippen LogP) is 11.6. The van der Waals surface area contributed by atoms with Gasteiger partial charge in [-0.2, -0.15) is 13.2 Å². The van der Waals surface area contributed by atoms with E-state index < -0.39 is 43.4 Å². The molecule has 0 amide bonds. The third-order valence-corrected chi connectivity index (χ3v) is 21.1. The van der Waals surface area contributed by atoms with E-state index in [0.29, 0.717) is 97.0 Å². The zero-order valence-corrected chi connectivity index (χ0v) is 46.8. The smallest absolute Gasteiger partial charge is 0.379 e. The van der Waals surface area contributed by atoms with Crippen LogP contribution < -0.4 is 19.8 Å². The molecule has 0 aliphatic carbocycles. The van der Waals surface area contributed by atoms with Gasteiger partial charge in [0.15, 0.2) is 9.84 Å². The second-order valence-corrected chi connectivity index (χ2v) is 27.4. The molecule has 12 nitrogen and oxygen atoms in total. The Hall–Kier alpha value is -4.85. The number of thioether (sulfide) groups is 1. The number of piperazine rings is 1. The number of ether oxygens (including phenoxy) is 1. The zero-order valence-electron chi connectivity index (χ0n) is 42.7. The summed E-state index contributed by atoms with van der Waals surface area (Å²) >= 11 is 7.83. The number of hydrogen-bond donors (Lipinski definition) is 0. The molecule has 3 saturated heterocycles. The maximum Gasteiger partial charge on any atom is 0.501 e. The average molecular weight is 1140 g/mol. The molecule has 3 fully saturated rings. The molecule has 21 heteroatoms. The summed E-state index contributed by atoms with van der Waals surface area (Å²) in [5, 5.41) is 0.372. The molecule has 9 rings (SSSR count). The molecule has 406 valence electrons. The van der Waals surface area contributed by atoms with Crippen LogP contribution in [0.5, 0.6) is 0 Å². The van der Waals surface area contributed by atoms with E-state index in [0.717, 1.165) is 35.3 Å². The Kier molecular flexibility index (Phi) is 16.8. The molecule has 2 atom stereocenters. The van der Waals surface area contributed by atoms with E-state index in [9.17, 15) is 34.6 Å². The summed E-state index contributed by atoms with van der Waals surface area (Å²) in [6.45, 7) is 11.2. The van der Waals surface area contributed by atoms with Crippen LogP contribution in [-0.2, 0) is 39.9 Å². The molecule has 0 unspecified atom stereocenters. The van der Waals surface area contributed by atoms with Gasteiger partial charge in [-0.15, -0.1) is 11.8 Å². The van der Waals surface area contributed by atoms with Crippen molar-refractivity contribution in [1.29, 1.82) is 0 Å². The van der Waals surface area contributed by atoms with Gasteiger partial charge >= 0.3 is 13.0 Å². The van der Waals surface area contributed by atoms with E-state index in [2.05, 4.69) is 14.7 Å². The lowest BCUT2D eigenvalue weighted by Gasteiger charge is -2.37. The summed E-state index contributed by atoms with van der Waals surface area (Å²) in [5.74, 6) is -0.179. The minimum atomic E-state index is -5.88. The fraction of sp³-hybridized carbons (Fsp3) is 0.382. The number of sulfone groups is 2. The van der Waals surface area contributed by atoms with Crippen molar-refractivity contribution in [3.8, 4) is 22.4 Å². The number of halogens is 5. The zero-order chi connectivity index (χ0) is 54.2. The second kappa shape index (κ2) is 22.9. The van der Waals surface area contributed by atoms with Gasteiger partial charge in [-0.3, -0.25) is 14.1 Å². The van der Waals surface area contributed by atoms with E-state index in [-0.39, 0.29) is 47.3 Å². The predicted molar refractivity (Wildman–Crippen MR) is 296 cm³/mol. The first kappa shape index (κ1) is 55.9. The number of anilines is 3. The van der Waals surface area contributed by atoms with Crippen molar-refractivity contribution in [3.05, 3.63) is 137 Å². The van der Waals surface area contributed by atoms with Gasteiger partial charge in [-0.25, -0.2) is 21.2 Å². The maximum absolute atomic E-state index is 15.8. The first-order valence-corrected chi connectivity index (χ1v) is 31.5. The van der Waals surface area contributed by atoms with E-state index in [4.69, 9.17) is 20.9 Å². The van der Waals surface area contributed by atoms with E-state index in [1.807, 2.05) is 79.1 Å². The molecule has 76 heavy (non-hydrogen) atoms. The third-order valence-electron chi connectivity index (χ3n) is 14.3. The van der Waals surface area contributed by atoms with Crippen molar-refractivity contribution in [2.75, 3.05) is 98.7 Å². The van der Waals surface area contributed by atoms with Crippen molar-refractivity contribution in [2.45, 2.75) is 59.8 Å². The number of hydrogen-bond acceptors (Lipinski definition) is 11. The molecule has 6 aromatic rings. The lowest BCUT2D eigenvalue weighted by Crippen LogP contribution is -2.46. The van der Waals surface area contributed by atoms with Crippen LogP contribution in [0.25, 0.3) is 22.4 Å². The first-order valence-electron chi connectivity index (χ1n) is 25.2. The summed E-state index contributed by atoms with van der Waals surface area (Å²) in [4.78, 5) is 6.64. The van der Waals surface area contributed by atoms with Gasteiger partial charge in [0.05, 0.1) is 47.2 Å². The van der Waals surface area contributed by atoms with Gasteiger partial charge in [0.2, 0.25) is 0 Å². The molecular formula is C55H61ClF4N5O7PS3. The van der Waals surface area contributed by atoms with Crippen LogP contribution in [-0.4, -0.2) is 116 Å². The molecule has 3 aliphatic rings. The Morgan fingerprint density at radius 1 is 0.750 bits per heavy atom. The highest BCUT2D eigenvalue weighted by atomic mass is 35.5. The van der Waals surface area contributed by atoms with Crippen molar-refractivity contribution in [3.63, 3.8) is 0 Å². The van der Waals surface area contributed by atoms with Crippen molar-refractivity contribution >= 4 is 72.9 Å². The average Bonchev–Trinajstić information content (AvgIpc) is 3.96. The van der Waals surface area contributed by atoms with Crippen LogP contribution in [0.2, 0.25) is 5.02 Å². The minimum Gasteiger partial charge on any atom is -0.379 e. The summed E-state index contributed by atoms with van der Waals surface area (Å²) < 4.78 is 143. The van der Waals surface area contributed by atoms with Crippen LogP contribution in [0, 0.1) is 18.7 Å². The Labute approximate surface area is 452 Å². The van der Waals surface area contributed by atoms with Gasteiger partial charge in [0.1, 0.15) is 5.82 Å². The largest absolute Gasteiger partial charge is 0.501 e. The fourth-order valence-corrected chi connectivity index (χ4v) is 16.3. The van der Waals surface area contributed by atoms with E-state index in [1.54, 1.807) is 43.0 Å². The van der Waals surface area contributed by atoms with E-state index in [1.165, 1.54) is 35.2 Å². The van der Waals surface area contributed by atoms with Gasteiger partial charge in [-0.1, -0.05) is 48.0 Å². The number of morpholine rings is 1. The third kappa shape index (κ3) is 11.9. The van der Waals surface area contributed by atoms with Crippen LogP contribution in [0.3, 0.4) is 0 Å². The summed E-state index contributed by atoms with van der Waals surface area (Å²) in [5.41, 5.74) is -0.922. The summed E-state index contributed by atoms with van der Waals surface area (Å²) in [6.07, 6.45) is 1.83. The van der Waals surface area contributed by atoms with E-state index >= 15 is 4.39 Å². The standard InChI is InChI=1S/C55H61ClF4N5O7PS3/c1-38(2)65-39(3)54(75(4,67)68)52(53(65)41-10-13-44(56)14-11-41)43-33-45(57)35-48(34-43)63-24-22-62(23-25-63)46-15-17-47(18-16-46)64-28-31-72-73(64,66)49-19-12-42(51(36-49)76(69,70)55(58,59)60)32-40(20-21-61-26-29-71-30-27-61)37-74-50-8-6-5-7-9-50/h5-19,33-36,38,40H,20-32,37H2,1-4H3/t40-,73-/m0/s1. The van der Waals surface area contributed by atoms with Gasteiger partial charge < -0.3 is 23.6 Å². The van der Waals surface area contributed by atoms with Crippen molar-refractivity contribution in [2.24, 2.45) is 5.92 Å². The van der Waals surface area contributed by atoms with Gasteiger partial charge in [0.25, 0.3) is 9.84 Å². The number of nitrogens with zero attached hydrogens (tertiary/aromatic N) is 5. The highest BCUT2D eigenvalue weighted by Gasteiger charge is 2.49. The lowest BCUT2D eigenvalue weighted by atomic mass is 9.97. The Morgan fingerprint density at radius 2 is 1.39 bits per heavy atom. The molecule has 0 N–H and O–H groups in total. The summed E-state index contributed by atoms with van der Waals surface area (Å²) in [7, 11) is -13.8. The van der Waals surface area contributed by atoms with Crippen LogP contribution in [0.4, 0.5) is 34.6 Å². The van der Waals surface area contributed by atoms with Crippen LogP contribution in [0.1, 0.15) is 37.6 Å². The number of rotatable bonds is 17. The number of alkyl halides is 3. The summed E-state index contributed by atoms with van der Waals surface area (Å²) in [6, 6.07) is 32.2. The number of aromatic nitrogens is 1. The quantitative estimate of drug-likeness (QED) is 0.0491. The normalized spacial score (nSPS) is 18.5. The Bertz CT molecular complexity index is 3320. The molecule has 0 bridgehead atoms. The topological polar surface area (TPSA) is 122 Å². The lowest BCUT2D eigenvalue weighted by molar-refractivity contribution is -0.0436. The Balaban J connectivity index is 0.939. The molecule has 1 aromatic heterocycles. The van der Waals surface area contributed by atoms with Crippen molar-refractivity contribution in [1.82, 2.24) is 9.47 Å². The molecular weight excluding hydrogens is 1080 g/mol. The molecule has 0 spiro atoms. The Morgan fingerprint density at radius 3 is 2.03 bits per heavy atom. The molecule has 5 aromatic carbocycles. The SMILES string of the molecule is Cc1c(S(C)(=O)=O)c(-c2cc(F)cc(N3CCN(c4ccc(N5CCO[P@@]5(=O)c5ccc(C[C@H](CCN6CCOCC6)CSc6ccccc6)c(S(=O)(=O)C(F)(F)F)c5)cc4)CC3)c2)c(-c2ccc(Cl)cc2)n1C(C)C. The molecule has 0 radical (unpaired) electrons. The molecule has 3 aliphatic heterocycles.